The molecule has 3 aromatic rings. The van der Waals surface area contributed by atoms with Gasteiger partial charge in [-0.05, 0) is 19.1 Å². The number of aromatic nitrogens is 2. The van der Waals surface area contributed by atoms with Gasteiger partial charge in [-0.2, -0.15) is 0 Å². The molecule has 7 nitrogen and oxygen atoms in total. The molecule has 0 fully saturated rings. The van der Waals surface area contributed by atoms with Crippen molar-refractivity contribution < 1.29 is 18.7 Å². The van der Waals surface area contributed by atoms with Crippen molar-refractivity contribution in [3.05, 3.63) is 48.0 Å². The average molecular weight is 385 g/mol. The van der Waals surface area contributed by atoms with E-state index in [0.29, 0.717) is 28.3 Å². The highest BCUT2D eigenvalue weighted by molar-refractivity contribution is 7.99. The molecular formula is C19H19N3O4S. The Bertz CT molecular complexity index is 903. The summed E-state index contributed by atoms with van der Waals surface area (Å²) >= 11 is 1.17. The van der Waals surface area contributed by atoms with Crippen molar-refractivity contribution >= 4 is 23.4 Å². The second kappa shape index (κ2) is 8.59. The Kier molecular flexibility index (Phi) is 5.97. The van der Waals surface area contributed by atoms with Gasteiger partial charge in [-0.3, -0.25) is 4.79 Å². The molecule has 0 saturated carbocycles. The van der Waals surface area contributed by atoms with Crippen LogP contribution in [0.1, 0.15) is 5.56 Å². The Labute approximate surface area is 161 Å². The van der Waals surface area contributed by atoms with Crippen LogP contribution in [0.2, 0.25) is 0 Å². The van der Waals surface area contributed by atoms with Gasteiger partial charge in [-0.25, -0.2) is 0 Å². The molecule has 0 bridgehead atoms. The van der Waals surface area contributed by atoms with Crippen LogP contribution in [-0.4, -0.2) is 36.1 Å². The van der Waals surface area contributed by atoms with Gasteiger partial charge in [0.15, 0.2) is 0 Å². The normalized spacial score (nSPS) is 10.5. The smallest absolute Gasteiger partial charge is 0.277 e. The standard InChI is InChI=1S/C19H19N3O4S/c1-12-4-6-13(7-5-12)18-21-22-19(26-18)27-11-17(23)20-14-8-15(24-2)10-16(9-14)25-3/h4-10H,11H2,1-3H3,(H,20,23). The number of methoxy groups -OCH3 is 2. The van der Waals surface area contributed by atoms with Crippen molar-refractivity contribution in [1.82, 2.24) is 10.2 Å². The Hall–Kier alpha value is -3.00. The van der Waals surface area contributed by atoms with Crippen molar-refractivity contribution in [2.75, 3.05) is 25.3 Å². The molecule has 8 heteroatoms. The fraction of sp³-hybridized carbons (Fsp3) is 0.211. The third-order valence-corrected chi connectivity index (χ3v) is 4.49. The summed E-state index contributed by atoms with van der Waals surface area (Å²) < 4.78 is 16.0. The molecule has 0 unspecified atom stereocenters. The summed E-state index contributed by atoms with van der Waals surface area (Å²) in [6.07, 6.45) is 0. The van der Waals surface area contributed by atoms with Crippen LogP contribution in [0.5, 0.6) is 11.5 Å². The van der Waals surface area contributed by atoms with Crippen LogP contribution in [0.25, 0.3) is 11.5 Å². The van der Waals surface area contributed by atoms with Gasteiger partial charge in [0.25, 0.3) is 5.22 Å². The lowest BCUT2D eigenvalue weighted by Gasteiger charge is -2.09. The first kappa shape index (κ1) is 18.8. The van der Waals surface area contributed by atoms with Gasteiger partial charge in [0.2, 0.25) is 11.8 Å². The van der Waals surface area contributed by atoms with Crippen molar-refractivity contribution in [1.29, 1.82) is 0 Å². The van der Waals surface area contributed by atoms with Gasteiger partial charge in [-0.15, -0.1) is 10.2 Å². The maximum Gasteiger partial charge on any atom is 0.277 e. The van der Waals surface area contributed by atoms with Gasteiger partial charge in [0.1, 0.15) is 11.5 Å². The quantitative estimate of drug-likeness (QED) is 0.619. The average Bonchev–Trinajstić information content (AvgIpc) is 3.15. The molecule has 3 rings (SSSR count). The first-order chi connectivity index (χ1) is 13.1. The Balaban J connectivity index is 1.59. The van der Waals surface area contributed by atoms with Crippen LogP contribution in [0, 0.1) is 6.92 Å². The molecule has 1 amide bonds. The highest BCUT2D eigenvalue weighted by atomic mass is 32.2. The molecule has 140 valence electrons. The van der Waals surface area contributed by atoms with E-state index >= 15 is 0 Å². The number of rotatable bonds is 7. The molecule has 1 aromatic heterocycles. The van der Waals surface area contributed by atoms with E-state index in [1.807, 2.05) is 31.2 Å². The summed E-state index contributed by atoms with van der Waals surface area (Å²) in [5, 5.41) is 11.1. The highest BCUT2D eigenvalue weighted by Crippen LogP contribution is 2.27. The number of nitrogens with one attached hydrogen (secondary N) is 1. The van der Waals surface area contributed by atoms with Crippen LogP contribution in [0.3, 0.4) is 0 Å². The highest BCUT2D eigenvalue weighted by Gasteiger charge is 2.12. The number of amides is 1. The van der Waals surface area contributed by atoms with Crippen LogP contribution < -0.4 is 14.8 Å². The first-order valence-corrected chi connectivity index (χ1v) is 9.12. The van der Waals surface area contributed by atoms with Crippen molar-refractivity contribution in [2.45, 2.75) is 12.1 Å². The van der Waals surface area contributed by atoms with Crippen molar-refractivity contribution in [2.24, 2.45) is 0 Å². The third kappa shape index (κ3) is 5.01. The zero-order chi connectivity index (χ0) is 19.2. The molecule has 0 atom stereocenters. The Morgan fingerprint density at radius 1 is 1.07 bits per heavy atom. The molecule has 0 aliphatic rings. The van der Waals surface area contributed by atoms with Crippen LogP contribution in [0.4, 0.5) is 5.69 Å². The van der Waals surface area contributed by atoms with Crippen molar-refractivity contribution in [3.63, 3.8) is 0 Å². The number of nitrogens with zero attached hydrogens (tertiary/aromatic N) is 2. The van der Waals surface area contributed by atoms with E-state index in [0.717, 1.165) is 11.1 Å². The fourth-order valence-electron chi connectivity index (χ4n) is 2.28. The topological polar surface area (TPSA) is 86.5 Å². The number of aryl methyl sites for hydroxylation is 1. The van der Waals surface area contributed by atoms with Crippen molar-refractivity contribution in [3.8, 4) is 23.0 Å². The fourth-order valence-corrected chi connectivity index (χ4v) is 2.85. The zero-order valence-electron chi connectivity index (χ0n) is 15.2. The second-order valence-electron chi connectivity index (χ2n) is 5.68. The van der Waals surface area contributed by atoms with Gasteiger partial charge >= 0.3 is 0 Å². The van der Waals surface area contributed by atoms with E-state index in [2.05, 4.69) is 15.5 Å². The minimum Gasteiger partial charge on any atom is -0.497 e. The lowest BCUT2D eigenvalue weighted by Crippen LogP contribution is -2.14. The van der Waals surface area contributed by atoms with E-state index in [1.54, 1.807) is 32.4 Å². The molecule has 0 aliphatic heterocycles. The number of hydrogen-bond acceptors (Lipinski definition) is 7. The Morgan fingerprint density at radius 2 is 1.74 bits per heavy atom. The molecule has 1 N–H and O–H groups in total. The summed E-state index contributed by atoms with van der Waals surface area (Å²) in [5.41, 5.74) is 2.58. The molecule has 27 heavy (non-hydrogen) atoms. The molecule has 0 aliphatic carbocycles. The van der Waals surface area contributed by atoms with E-state index < -0.39 is 0 Å². The molecular weight excluding hydrogens is 366 g/mol. The summed E-state index contributed by atoms with van der Waals surface area (Å²) in [4.78, 5) is 12.2. The summed E-state index contributed by atoms with van der Waals surface area (Å²) in [6.45, 7) is 2.01. The Morgan fingerprint density at radius 3 is 2.37 bits per heavy atom. The molecule has 0 saturated heterocycles. The number of ether oxygens (including phenoxy) is 2. The monoisotopic (exact) mass is 385 g/mol. The number of thioether (sulfide) groups is 1. The number of benzene rings is 2. The third-order valence-electron chi connectivity index (χ3n) is 3.67. The zero-order valence-corrected chi connectivity index (χ0v) is 16.0. The largest absolute Gasteiger partial charge is 0.497 e. The predicted octanol–water partition coefficient (Wildman–Crippen LogP) is 3.79. The van der Waals surface area contributed by atoms with E-state index in [1.165, 1.54) is 11.8 Å². The van der Waals surface area contributed by atoms with Gasteiger partial charge in [0, 0.05) is 29.4 Å². The van der Waals surface area contributed by atoms with Gasteiger partial charge in [0.05, 0.1) is 20.0 Å². The van der Waals surface area contributed by atoms with Gasteiger partial charge < -0.3 is 19.2 Å². The number of anilines is 1. The molecule has 0 radical (unpaired) electrons. The van der Waals surface area contributed by atoms with Crippen LogP contribution in [0.15, 0.2) is 52.1 Å². The summed E-state index contributed by atoms with van der Waals surface area (Å²) in [7, 11) is 3.11. The maximum atomic E-state index is 12.2. The molecule has 2 aromatic carbocycles. The summed E-state index contributed by atoms with van der Waals surface area (Å²) in [6, 6.07) is 12.9. The number of hydrogen-bond donors (Lipinski definition) is 1. The first-order valence-electron chi connectivity index (χ1n) is 8.13. The maximum absolute atomic E-state index is 12.2. The SMILES string of the molecule is COc1cc(NC(=O)CSc2nnc(-c3ccc(C)cc3)o2)cc(OC)c1. The van der Waals surface area contributed by atoms with E-state index in [4.69, 9.17) is 13.9 Å². The van der Waals surface area contributed by atoms with E-state index in [-0.39, 0.29) is 11.7 Å². The lowest BCUT2D eigenvalue weighted by atomic mass is 10.1. The summed E-state index contributed by atoms with van der Waals surface area (Å²) in [5.74, 6) is 1.55. The minimum atomic E-state index is -0.203. The van der Waals surface area contributed by atoms with Crippen LogP contribution >= 0.6 is 11.8 Å². The second-order valence-corrected chi connectivity index (χ2v) is 6.60. The van der Waals surface area contributed by atoms with Gasteiger partial charge in [-0.1, -0.05) is 29.5 Å². The van der Waals surface area contributed by atoms with E-state index in [9.17, 15) is 4.79 Å². The number of carbonyl (C=O) groups excluding carboxylic acids is 1. The molecule has 0 spiro atoms. The van der Waals surface area contributed by atoms with Crippen LogP contribution in [-0.2, 0) is 4.79 Å². The minimum absolute atomic E-state index is 0.134. The lowest BCUT2D eigenvalue weighted by molar-refractivity contribution is -0.113. The predicted molar refractivity (Wildman–Crippen MR) is 103 cm³/mol. The number of carbonyl (C=O) groups is 1. The molecule has 1 heterocycles.